The predicted molar refractivity (Wildman–Crippen MR) is 60.8 cm³/mol. The Balaban J connectivity index is 3.38. The fourth-order valence-corrected chi connectivity index (χ4v) is 1.55. The maximum Gasteiger partial charge on any atom is 0.308 e. The number of carbonyl (C=O) groups is 1. The largest absolute Gasteiger partial charge is 0.481 e. The van der Waals surface area contributed by atoms with Gasteiger partial charge in [0.2, 0.25) is 0 Å². The van der Waals surface area contributed by atoms with Crippen LogP contribution in [0, 0.1) is 5.92 Å². The Morgan fingerprint density at radius 3 is 2.20 bits per heavy atom. The quantitative estimate of drug-likeness (QED) is 0.583. The van der Waals surface area contributed by atoms with Crippen LogP contribution in [0.4, 0.5) is 0 Å². The first-order valence-electron chi connectivity index (χ1n) is 6.00. The Labute approximate surface area is 92.5 Å². The average Bonchev–Trinajstić information content (AvgIpc) is 2.21. The van der Waals surface area contributed by atoms with Crippen molar-refractivity contribution in [1.29, 1.82) is 0 Å². The topological polar surface area (TPSA) is 57.5 Å². The molecule has 2 atom stereocenters. The molecule has 0 heterocycles. The number of aliphatic carboxylic acids is 1. The Bertz CT molecular complexity index is 168. The van der Waals surface area contributed by atoms with Gasteiger partial charge in [0, 0.05) is 0 Å². The monoisotopic (exact) mass is 216 g/mol. The summed E-state index contributed by atoms with van der Waals surface area (Å²) in [6, 6.07) is 0. The van der Waals surface area contributed by atoms with Gasteiger partial charge >= 0.3 is 5.97 Å². The van der Waals surface area contributed by atoms with Gasteiger partial charge in [-0.2, -0.15) is 0 Å². The lowest BCUT2D eigenvalue weighted by Gasteiger charge is -2.14. The molecule has 2 N–H and O–H groups in total. The number of carboxylic acids is 1. The van der Waals surface area contributed by atoms with E-state index in [0.29, 0.717) is 6.42 Å². The average molecular weight is 216 g/mol. The number of unbranched alkanes of at least 4 members (excludes halogenated alkanes) is 5. The van der Waals surface area contributed by atoms with Crippen LogP contribution in [0.5, 0.6) is 0 Å². The van der Waals surface area contributed by atoms with Crippen LogP contribution in [0.25, 0.3) is 0 Å². The Kier molecular flexibility index (Phi) is 8.38. The van der Waals surface area contributed by atoms with Crippen molar-refractivity contribution in [2.24, 2.45) is 5.92 Å². The van der Waals surface area contributed by atoms with Crippen molar-refractivity contribution in [1.82, 2.24) is 0 Å². The van der Waals surface area contributed by atoms with Gasteiger partial charge in [-0.15, -0.1) is 0 Å². The fraction of sp³-hybridized carbons (Fsp3) is 0.917. The zero-order valence-electron chi connectivity index (χ0n) is 9.91. The summed E-state index contributed by atoms with van der Waals surface area (Å²) in [5.41, 5.74) is 0. The summed E-state index contributed by atoms with van der Waals surface area (Å²) in [6.45, 7) is 3.74. The number of hydrogen-bond donors (Lipinski definition) is 2. The highest BCUT2D eigenvalue weighted by atomic mass is 16.4. The summed E-state index contributed by atoms with van der Waals surface area (Å²) in [5, 5.41) is 18.2. The van der Waals surface area contributed by atoms with E-state index in [1.165, 1.54) is 25.7 Å². The molecule has 0 aromatic heterocycles. The lowest BCUT2D eigenvalue weighted by molar-refractivity contribution is -0.144. The van der Waals surface area contributed by atoms with Crippen molar-refractivity contribution in [2.75, 3.05) is 0 Å². The zero-order chi connectivity index (χ0) is 11.7. The number of rotatable bonds is 9. The first kappa shape index (κ1) is 14.4. The van der Waals surface area contributed by atoms with E-state index >= 15 is 0 Å². The van der Waals surface area contributed by atoms with E-state index in [1.807, 2.05) is 0 Å². The van der Waals surface area contributed by atoms with Crippen LogP contribution < -0.4 is 0 Å². The molecule has 0 bridgehead atoms. The molecule has 0 rings (SSSR count). The molecule has 0 aromatic rings. The molecule has 3 nitrogen and oxygen atoms in total. The first-order valence-corrected chi connectivity index (χ1v) is 6.00. The molecule has 3 heteroatoms. The molecule has 0 amide bonds. The predicted octanol–water partition coefficient (Wildman–Crippen LogP) is 2.82. The maximum atomic E-state index is 10.6. The Morgan fingerprint density at radius 2 is 1.67 bits per heavy atom. The third kappa shape index (κ3) is 7.37. The normalized spacial score (nSPS) is 14.9. The minimum Gasteiger partial charge on any atom is -0.481 e. The first-order chi connectivity index (χ1) is 7.09. The van der Waals surface area contributed by atoms with Crippen LogP contribution in [-0.4, -0.2) is 22.3 Å². The smallest absolute Gasteiger partial charge is 0.308 e. The lowest BCUT2D eigenvalue weighted by atomic mass is 9.99. The number of hydrogen-bond acceptors (Lipinski definition) is 2. The second-order valence-corrected chi connectivity index (χ2v) is 4.25. The van der Waals surface area contributed by atoms with Crippen LogP contribution in [0.3, 0.4) is 0 Å². The fourth-order valence-electron chi connectivity index (χ4n) is 1.55. The minimum absolute atomic E-state index is 0.611. The summed E-state index contributed by atoms with van der Waals surface area (Å²) in [7, 11) is 0. The van der Waals surface area contributed by atoms with Crippen molar-refractivity contribution in [3.05, 3.63) is 0 Å². The molecule has 0 radical (unpaired) electrons. The summed E-state index contributed by atoms with van der Waals surface area (Å²) in [6.07, 6.45) is 6.91. The van der Waals surface area contributed by atoms with Gasteiger partial charge in [-0.3, -0.25) is 4.79 Å². The van der Waals surface area contributed by atoms with Gasteiger partial charge in [0.05, 0.1) is 12.0 Å². The highest BCUT2D eigenvalue weighted by Crippen LogP contribution is 2.13. The molecule has 0 spiro atoms. The Morgan fingerprint density at radius 1 is 1.13 bits per heavy atom. The van der Waals surface area contributed by atoms with Crippen molar-refractivity contribution < 1.29 is 15.0 Å². The van der Waals surface area contributed by atoms with Crippen molar-refractivity contribution in [3.63, 3.8) is 0 Å². The maximum absolute atomic E-state index is 10.6. The van der Waals surface area contributed by atoms with E-state index in [1.54, 1.807) is 6.92 Å². The highest BCUT2D eigenvalue weighted by molar-refractivity contribution is 5.70. The summed E-state index contributed by atoms with van der Waals surface area (Å²) in [4.78, 5) is 10.6. The summed E-state index contributed by atoms with van der Waals surface area (Å²) >= 11 is 0. The molecule has 0 fully saturated rings. The second-order valence-electron chi connectivity index (χ2n) is 4.25. The molecule has 0 saturated heterocycles. The van der Waals surface area contributed by atoms with Crippen molar-refractivity contribution in [3.8, 4) is 0 Å². The van der Waals surface area contributed by atoms with Crippen molar-refractivity contribution >= 4 is 5.97 Å². The van der Waals surface area contributed by atoms with Gasteiger partial charge in [0.1, 0.15) is 0 Å². The van der Waals surface area contributed by atoms with Crippen LogP contribution in [0.15, 0.2) is 0 Å². The molecule has 0 aliphatic rings. The van der Waals surface area contributed by atoms with Gasteiger partial charge < -0.3 is 10.2 Å². The van der Waals surface area contributed by atoms with Crippen LogP contribution in [0.2, 0.25) is 0 Å². The summed E-state index contributed by atoms with van der Waals surface area (Å²) in [5.74, 6) is -1.55. The summed E-state index contributed by atoms with van der Waals surface area (Å²) < 4.78 is 0. The van der Waals surface area contributed by atoms with E-state index in [9.17, 15) is 9.90 Å². The molecular weight excluding hydrogens is 192 g/mol. The lowest BCUT2D eigenvalue weighted by Crippen LogP contribution is -2.25. The van der Waals surface area contributed by atoms with E-state index in [0.717, 1.165) is 12.8 Å². The molecular formula is C12H24O3. The van der Waals surface area contributed by atoms with Gasteiger partial charge in [0.25, 0.3) is 0 Å². The van der Waals surface area contributed by atoms with Crippen LogP contribution in [0.1, 0.15) is 58.8 Å². The molecule has 0 unspecified atom stereocenters. The van der Waals surface area contributed by atoms with Gasteiger partial charge in [-0.25, -0.2) is 0 Å². The van der Waals surface area contributed by atoms with Gasteiger partial charge in [0.15, 0.2) is 0 Å². The number of aliphatic hydroxyl groups is 1. The van der Waals surface area contributed by atoms with Gasteiger partial charge in [-0.05, 0) is 13.3 Å². The SMILES string of the molecule is CCCCCCCC[C@H](O)[C@@H](C)C(=O)O. The Hall–Kier alpha value is -0.570. The van der Waals surface area contributed by atoms with E-state index < -0.39 is 18.0 Å². The van der Waals surface area contributed by atoms with Crippen LogP contribution in [-0.2, 0) is 4.79 Å². The molecule has 0 aromatic carbocycles. The third-order valence-corrected chi connectivity index (χ3v) is 2.82. The molecule has 0 aliphatic heterocycles. The number of aliphatic hydroxyl groups excluding tert-OH is 1. The minimum atomic E-state index is -0.909. The van der Waals surface area contributed by atoms with Crippen molar-refractivity contribution in [2.45, 2.75) is 64.9 Å². The third-order valence-electron chi connectivity index (χ3n) is 2.82. The van der Waals surface area contributed by atoms with E-state index in [-0.39, 0.29) is 0 Å². The standard InChI is InChI=1S/C12H24O3/c1-3-4-5-6-7-8-9-11(13)10(2)12(14)15/h10-11,13H,3-9H2,1-2H3,(H,14,15)/t10-,11+/m1/s1. The molecule has 0 aliphatic carbocycles. The zero-order valence-corrected chi connectivity index (χ0v) is 9.91. The molecule has 15 heavy (non-hydrogen) atoms. The molecule has 90 valence electrons. The molecule has 0 saturated carbocycles. The van der Waals surface area contributed by atoms with E-state index in [2.05, 4.69) is 6.92 Å². The van der Waals surface area contributed by atoms with E-state index in [4.69, 9.17) is 5.11 Å². The second kappa shape index (κ2) is 8.72. The van der Waals surface area contributed by atoms with Crippen LogP contribution >= 0.6 is 0 Å². The van der Waals surface area contributed by atoms with Gasteiger partial charge in [-0.1, -0.05) is 45.4 Å². The highest BCUT2D eigenvalue weighted by Gasteiger charge is 2.20. The number of carboxylic acid groups (broad SMARTS) is 1.